The normalized spacial score (nSPS) is 29.6. The Morgan fingerprint density at radius 3 is 2.64 bits per heavy atom. The monoisotopic (exact) mass is 385 g/mol. The van der Waals surface area contributed by atoms with Crippen LogP contribution in [0.25, 0.3) is 0 Å². The molecule has 1 aromatic rings. The van der Waals surface area contributed by atoms with Gasteiger partial charge in [0, 0.05) is 44.5 Å². The molecule has 5 heteroatoms. The van der Waals surface area contributed by atoms with Gasteiger partial charge in [0.1, 0.15) is 5.82 Å². The van der Waals surface area contributed by atoms with Gasteiger partial charge in [0.25, 0.3) is 0 Å². The summed E-state index contributed by atoms with van der Waals surface area (Å²) < 4.78 is 0. The van der Waals surface area contributed by atoms with Crippen LogP contribution in [0.3, 0.4) is 0 Å². The van der Waals surface area contributed by atoms with Crippen LogP contribution in [-0.2, 0) is 0 Å². The molecule has 3 aliphatic rings. The summed E-state index contributed by atoms with van der Waals surface area (Å²) in [6.07, 6.45) is 16.8. The number of likely N-dealkylation sites (tertiary alicyclic amines) is 1. The van der Waals surface area contributed by atoms with E-state index < -0.39 is 0 Å². The van der Waals surface area contributed by atoms with Crippen molar-refractivity contribution < 1.29 is 0 Å². The SMILES string of the molecule is CCCC1CCCCC1N1CCC(Nc2nccc(N3CCCCCC3)n2)C1. The molecule has 0 spiro atoms. The summed E-state index contributed by atoms with van der Waals surface area (Å²) in [6.45, 7) is 6.99. The number of hydrogen-bond acceptors (Lipinski definition) is 5. The zero-order valence-corrected chi connectivity index (χ0v) is 17.8. The molecular weight excluding hydrogens is 346 g/mol. The lowest BCUT2D eigenvalue weighted by atomic mass is 9.81. The maximum atomic E-state index is 4.87. The molecule has 3 unspecified atom stereocenters. The van der Waals surface area contributed by atoms with Gasteiger partial charge in [0.05, 0.1) is 0 Å². The molecule has 0 amide bonds. The lowest BCUT2D eigenvalue weighted by molar-refractivity contribution is 0.121. The molecule has 1 saturated carbocycles. The van der Waals surface area contributed by atoms with Crippen LogP contribution in [0.15, 0.2) is 12.3 Å². The third-order valence-electron chi connectivity index (χ3n) is 7.12. The van der Waals surface area contributed by atoms with Gasteiger partial charge in [-0.2, -0.15) is 4.98 Å². The topological polar surface area (TPSA) is 44.3 Å². The Morgan fingerprint density at radius 1 is 1.00 bits per heavy atom. The molecule has 3 heterocycles. The summed E-state index contributed by atoms with van der Waals surface area (Å²) in [6, 6.07) is 3.38. The Bertz CT molecular complexity index is 596. The molecule has 0 aromatic carbocycles. The third-order valence-corrected chi connectivity index (χ3v) is 7.12. The molecule has 2 saturated heterocycles. The van der Waals surface area contributed by atoms with Gasteiger partial charge in [0.15, 0.2) is 0 Å². The Balaban J connectivity index is 1.34. The first-order valence-corrected chi connectivity index (χ1v) is 11.9. The molecule has 1 aromatic heterocycles. The Labute approximate surface area is 171 Å². The summed E-state index contributed by atoms with van der Waals surface area (Å²) in [5, 5.41) is 3.66. The highest BCUT2D eigenvalue weighted by Gasteiger charge is 2.34. The average Bonchev–Trinajstić information content (AvgIpc) is 3.00. The van der Waals surface area contributed by atoms with Crippen molar-refractivity contribution >= 4 is 11.8 Å². The lowest BCUT2D eigenvalue weighted by Gasteiger charge is -2.38. The van der Waals surface area contributed by atoms with Crippen molar-refractivity contribution in [1.29, 1.82) is 0 Å². The van der Waals surface area contributed by atoms with Gasteiger partial charge >= 0.3 is 0 Å². The van der Waals surface area contributed by atoms with Gasteiger partial charge in [-0.15, -0.1) is 0 Å². The zero-order valence-electron chi connectivity index (χ0n) is 17.8. The molecular formula is C23H39N5. The van der Waals surface area contributed by atoms with Gasteiger partial charge in [0.2, 0.25) is 5.95 Å². The van der Waals surface area contributed by atoms with E-state index in [1.165, 1.54) is 77.2 Å². The van der Waals surface area contributed by atoms with Crippen molar-refractivity contribution in [3.05, 3.63) is 12.3 Å². The van der Waals surface area contributed by atoms with Crippen molar-refractivity contribution in [2.45, 2.75) is 89.6 Å². The zero-order chi connectivity index (χ0) is 19.2. The van der Waals surface area contributed by atoms with E-state index in [9.17, 15) is 0 Å². The Hall–Kier alpha value is -1.36. The molecule has 1 aliphatic carbocycles. The minimum atomic E-state index is 0.489. The van der Waals surface area contributed by atoms with Crippen LogP contribution >= 0.6 is 0 Å². The number of rotatable bonds is 6. The smallest absolute Gasteiger partial charge is 0.224 e. The first kappa shape index (κ1) is 19.9. The average molecular weight is 386 g/mol. The third kappa shape index (κ3) is 4.97. The van der Waals surface area contributed by atoms with Crippen molar-refractivity contribution in [2.75, 3.05) is 36.4 Å². The molecule has 0 bridgehead atoms. The fraction of sp³-hybridized carbons (Fsp3) is 0.826. The molecule has 3 fully saturated rings. The summed E-state index contributed by atoms with van der Waals surface area (Å²) in [5.74, 6) is 2.84. The van der Waals surface area contributed by atoms with Crippen LogP contribution in [0, 0.1) is 5.92 Å². The first-order chi connectivity index (χ1) is 13.8. The molecule has 28 heavy (non-hydrogen) atoms. The van der Waals surface area contributed by atoms with Gasteiger partial charge in [-0.3, -0.25) is 4.90 Å². The van der Waals surface area contributed by atoms with Crippen molar-refractivity contribution in [3.8, 4) is 0 Å². The number of nitrogens with one attached hydrogen (secondary N) is 1. The highest BCUT2D eigenvalue weighted by atomic mass is 15.3. The lowest BCUT2D eigenvalue weighted by Crippen LogP contribution is -2.42. The van der Waals surface area contributed by atoms with E-state index in [1.807, 2.05) is 6.20 Å². The van der Waals surface area contributed by atoms with Crippen molar-refractivity contribution in [1.82, 2.24) is 14.9 Å². The highest BCUT2D eigenvalue weighted by Crippen LogP contribution is 2.33. The second-order valence-corrected chi connectivity index (χ2v) is 9.17. The summed E-state index contributed by atoms with van der Waals surface area (Å²) >= 11 is 0. The quantitative estimate of drug-likeness (QED) is 0.769. The molecule has 4 rings (SSSR count). The molecule has 2 aliphatic heterocycles. The molecule has 1 N–H and O–H groups in total. The van der Waals surface area contributed by atoms with Crippen molar-refractivity contribution in [2.24, 2.45) is 5.92 Å². The van der Waals surface area contributed by atoms with E-state index >= 15 is 0 Å². The van der Waals surface area contributed by atoms with Crippen LogP contribution in [-0.4, -0.2) is 53.1 Å². The second-order valence-electron chi connectivity index (χ2n) is 9.17. The fourth-order valence-corrected chi connectivity index (χ4v) is 5.66. The largest absolute Gasteiger partial charge is 0.356 e. The summed E-state index contributed by atoms with van der Waals surface area (Å²) in [4.78, 5) is 14.6. The number of nitrogens with zero attached hydrogens (tertiary/aromatic N) is 4. The number of anilines is 2. The molecule has 3 atom stereocenters. The van der Waals surface area contributed by atoms with Crippen LogP contribution in [0.1, 0.15) is 77.6 Å². The molecule has 0 radical (unpaired) electrons. The minimum Gasteiger partial charge on any atom is -0.356 e. The standard InChI is InChI=1S/C23H39N5/c1-2-9-19-10-5-6-11-21(19)28-17-13-20(18-28)25-23-24-14-12-22(26-23)27-15-7-3-4-8-16-27/h12,14,19-21H,2-11,13,15-18H2,1H3,(H,24,25,26). The summed E-state index contributed by atoms with van der Waals surface area (Å²) in [7, 11) is 0. The van der Waals surface area contributed by atoms with Gasteiger partial charge < -0.3 is 10.2 Å². The fourth-order valence-electron chi connectivity index (χ4n) is 5.66. The van der Waals surface area contributed by atoms with Crippen molar-refractivity contribution in [3.63, 3.8) is 0 Å². The van der Waals surface area contributed by atoms with E-state index in [1.54, 1.807) is 0 Å². The van der Waals surface area contributed by atoms with Gasteiger partial charge in [-0.1, -0.05) is 39.0 Å². The van der Waals surface area contributed by atoms with E-state index in [4.69, 9.17) is 4.98 Å². The predicted octanol–water partition coefficient (Wildman–Crippen LogP) is 4.70. The van der Waals surface area contributed by atoms with Crippen LogP contribution in [0.5, 0.6) is 0 Å². The maximum absolute atomic E-state index is 4.87. The Morgan fingerprint density at radius 2 is 1.82 bits per heavy atom. The second kappa shape index (κ2) is 9.91. The number of hydrogen-bond donors (Lipinski definition) is 1. The molecule has 156 valence electrons. The Kier molecular flexibility index (Phi) is 7.05. The van der Waals surface area contributed by atoms with Crippen LogP contribution < -0.4 is 10.2 Å². The summed E-state index contributed by atoms with van der Waals surface area (Å²) in [5.41, 5.74) is 0. The van der Waals surface area contributed by atoms with Gasteiger partial charge in [-0.25, -0.2) is 4.98 Å². The van der Waals surface area contributed by atoms with Crippen LogP contribution in [0.2, 0.25) is 0 Å². The minimum absolute atomic E-state index is 0.489. The van der Waals surface area contributed by atoms with E-state index in [2.05, 4.69) is 33.1 Å². The van der Waals surface area contributed by atoms with Crippen LogP contribution in [0.4, 0.5) is 11.8 Å². The van der Waals surface area contributed by atoms with E-state index in [0.29, 0.717) is 6.04 Å². The van der Waals surface area contributed by atoms with Gasteiger partial charge in [-0.05, 0) is 50.5 Å². The predicted molar refractivity (Wildman–Crippen MR) is 117 cm³/mol. The van der Waals surface area contributed by atoms with E-state index in [0.717, 1.165) is 43.4 Å². The highest BCUT2D eigenvalue weighted by molar-refractivity contribution is 5.43. The molecule has 5 nitrogen and oxygen atoms in total. The van der Waals surface area contributed by atoms with E-state index in [-0.39, 0.29) is 0 Å². The maximum Gasteiger partial charge on any atom is 0.224 e. The number of aromatic nitrogens is 2. The first-order valence-electron chi connectivity index (χ1n) is 11.9.